The summed E-state index contributed by atoms with van der Waals surface area (Å²) in [6, 6.07) is 4.14. The molecule has 0 unspecified atom stereocenters. The summed E-state index contributed by atoms with van der Waals surface area (Å²) in [4.78, 5) is 0. The van der Waals surface area contributed by atoms with Crippen LogP contribution in [0.25, 0.3) is 0 Å². The summed E-state index contributed by atoms with van der Waals surface area (Å²) in [6.07, 6.45) is 2.17. The number of methoxy groups -OCH3 is 1. The molecule has 1 aromatic rings. The first-order valence-corrected chi connectivity index (χ1v) is 6.99. The molecule has 0 amide bonds. The van der Waals surface area contributed by atoms with Crippen LogP contribution in [0.2, 0.25) is 0 Å². The molecule has 17 heavy (non-hydrogen) atoms. The predicted molar refractivity (Wildman–Crippen MR) is 79.5 cm³/mol. The average Bonchev–Trinajstić information content (AvgIpc) is 2.24. The molecule has 94 valence electrons. The molecule has 0 aliphatic rings. The highest BCUT2D eigenvalue weighted by Gasteiger charge is 2.07. The molecule has 1 rings (SSSR count). The molecule has 1 N–H and O–H groups in total. The van der Waals surface area contributed by atoms with Gasteiger partial charge in [0.15, 0.2) is 0 Å². The van der Waals surface area contributed by atoms with Crippen molar-refractivity contribution in [1.29, 1.82) is 0 Å². The Morgan fingerprint density at radius 3 is 2.35 bits per heavy atom. The lowest BCUT2D eigenvalue weighted by atomic mass is 10.2. The Morgan fingerprint density at radius 2 is 1.88 bits per heavy atom. The maximum atomic E-state index is 5.26. The molecule has 0 fully saturated rings. The van der Waals surface area contributed by atoms with Gasteiger partial charge in [0.05, 0.1) is 16.1 Å². The molecule has 0 atom stereocenters. The molecule has 4 heteroatoms. The molecule has 2 nitrogen and oxygen atoms in total. The van der Waals surface area contributed by atoms with Crippen LogP contribution in [0.5, 0.6) is 5.75 Å². The lowest BCUT2D eigenvalue weighted by Crippen LogP contribution is -2.13. The minimum atomic E-state index is 0.832. The van der Waals surface area contributed by atoms with Gasteiger partial charge in [-0.3, -0.25) is 0 Å². The normalized spacial score (nSPS) is 10.2. The Hall–Kier alpha value is -0.320. The van der Waals surface area contributed by atoms with Crippen molar-refractivity contribution in [3.05, 3.63) is 38.3 Å². The van der Waals surface area contributed by atoms with E-state index in [1.807, 2.05) is 0 Å². The summed E-state index contributed by atoms with van der Waals surface area (Å²) in [7, 11) is 1.66. The van der Waals surface area contributed by atoms with Crippen LogP contribution in [0.1, 0.15) is 19.4 Å². The van der Waals surface area contributed by atoms with E-state index in [9.17, 15) is 0 Å². The van der Waals surface area contributed by atoms with Gasteiger partial charge in [-0.15, -0.1) is 0 Å². The van der Waals surface area contributed by atoms with Gasteiger partial charge < -0.3 is 10.1 Å². The predicted octanol–water partition coefficient (Wildman–Crippen LogP) is 4.28. The highest BCUT2D eigenvalue weighted by atomic mass is 79.9. The lowest BCUT2D eigenvalue weighted by molar-refractivity contribution is 0.409. The van der Waals surface area contributed by atoms with Crippen molar-refractivity contribution in [2.75, 3.05) is 13.7 Å². The molecule has 0 heterocycles. The Labute approximate surface area is 120 Å². The van der Waals surface area contributed by atoms with Crippen molar-refractivity contribution in [3.8, 4) is 5.75 Å². The summed E-state index contributed by atoms with van der Waals surface area (Å²) < 4.78 is 7.20. The van der Waals surface area contributed by atoms with Crippen molar-refractivity contribution in [1.82, 2.24) is 5.32 Å². The second kappa shape index (κ2) is 7.19. The van der Waals surface area contributed by atoms with E-state index in [4.69, 9.17) is 4.74 Å². The van der Waals surface area contributed by atoms with Gasteiger partial charge in [-0.1, -0.05) is 11.6 Å². The monoisotopic (exact) mass is 361 g/mol. The van der Waals surface area contributed by atoms with Crippen molar-refractivity contribution in [3.63, 3.8) is 0 Å². The maximum Gasteiger partial charge on any atom is 0.147 e. The van der Waals surface area contributed by atoms with Gasteiger partial charge in [-0.25, -0.2) is 0 Å². The smallest absolute Gasteiger partial charge is 0.147 e. The zero-order valence-electron chi connectivity index (χ0n) is 10.3. The molecule has 0 bridgehead atoms. The number of halogens is 2. The SMILES string of the molecule is COc1c(Br)cc(CNCC=C(C)C)cc1Br. The van der Waals surface area contributed by atoms with Crippen LogP contribution in [-0.4, -0.2) is 13.7 Å². The van der Waals surface area contributed by atoms with Crippen LogP contribution in [-0.2, 0) is 6.54 Å². The summed E-state index contributed by atoms with van der Waals surface area (Å²) in [6.45, 7) is 5.93. The minimum Gasteiger partial charge on any atom is -0.494 e. The van der Waals surface area contributed by atoms with Crippen LogP contribution >= 0.6 is 31.9 Å². The number of nitrogens with one attached hydrogen (secondary N) is 1. The van der Waals surface area contributed by atoms with E-state index < -0.39 is 0 Å². The number of hydrogen-bond donors (Lipinski definition) is 1. The van der Waals surface area contributed by atoms with Gasteiger partial charge >= 0.3 is 0 Å². The van der Waals surface area contributed by atoms with E-state index in [1.54, 1.807) is 7.11 Å². The Kier molecular flexibility index (Phi) is 6.23. The van der Waals surface area contributed by atoms with Crippen LogP contribution in [0.4, 0.5) is 0 Å². The highest BCUT2D eigenvalue weighted by Crippen LogP contribution is 2.34. The molecule has 0 aromatic heterocycles. The highest BCUT2D eigenvalue weighted by molar-refractivity contribution is 9.11. The van der Waals surface area contributed by atoms with Gasteiger partial charge in [-0.2, -0.15) is 0 Å². The van der Waals surface area contributed by atoms with Crippen molar-refractivity contribution in [2.24, 2.45) is 0 Å². The third kappa shape index (κ3) is 4.82. The number of benzene rings is 1. The van der Waals surface area contributed by atoms with E-state index >= 15 is 0 Å². The summed E-state index contributed by atoms with van der Waals surface area (Å²) in [5.74, 6) is 0.832. The van der Waals surface area contributed by atoms with E-state index in [2.05, 4.69) is 69.2 Å². The largest absolute Gasteiger partial charge is 0.494 e. The standard InChI is InChI=1S/C13H17Br2NO/c1-9(2)4-5-16-8-10-6-11(14)13(17-3)12(15)7-10/h4,6-7,16H,5,8H2,1-3H3. The van der Waals surface area contributed by atoms with Crippen molar-refractivity contribution in [2.45, 2.75) is 20.4 Å². The molecule has 0 radical (unpaired) electrons. The Bertz CT molecular complexity index is 389. The van der Waals surface area contributed by atoms with Gasteiger partial charge in [0.2, 0.25) is 0 Å². The van der Waals surface area contributed by atoms with Gasteiger partial charge in [0.1, 0.15) is 5.75 Å². The quantitative estimate of drug-likeness (QED) is 0.623. The molecular formula is C13H17Br2NO. The molecule has 0 saturated carbocycles. The molecule has 0 saturated heterocycles. The summed E-state index contributed by atoms with van der Waals surface area (Å²) >= 11 is 6.99. The van der Waals surface area contributed by atoms with E-state index in [0.717, 1.165) is 27.8 Å². The Balaban J connectivity index is 2.64. The third-order valence-electron chi connectivity index (χ3n) is 2.25. The number of allylic oxidation sites excluding steroid dienone is 1. The van der Waals surface area contributed by atoms with E-state index in [1.165, 1.54) is 11.1 Å². The van der Waals surface area contributed by atoms with E-state index in [0.29, 0.717) is 0 Å². The van der Waals surface area contributed by atoms with Crippen LogP contribution in [0, 0.1) is 0 Å². The topological polar surface area (TPSA) is 21.3 Å². The first-order valence-electron chi connectivity index (χ1n) is 5.40. The van der Waals surface area contributed by atoms with Crippen LogP contribution in [0.3, 0.4) is 0 Å². The van der Waals surface area contributed by atoms with Crippen molar-refractivity contribution >= 4 is 31.9 Å². The fourth-order valence-electron chi connectivity index (χ4n) is 1.40. The fraction of sp³-hybridized carbons (Fsp3) is 0.385. The number of rotatable bonds is 5. The lowest BCUT2D eigenvalue weighted by Gasteiger charge is -2.09. The number of hydrogen-bond acceptors (Lipinski definition) is 2. The first kappa shape index (κ1) is 14.7. The molecule has 1 aromatic carbocycles. The molecule has 0 aliphatic heterocycles. The molecule has 0 aliphatic carbocycles. The number of ether oxygens (including phenoxy) is 1. The summed E-state index contributed by atoms with van der Waals surface area (Å²) in [5.41, 5.74) is 2.54. The van der Waals surface area contributed by atoms with Gasteiger partial charge in [-0.05, 0) is 63.4 Å². The van der Waals surface area contributed by atoms with Gasteiger partial charge in [0.25, 0.3) is 0 Å². The minimum absolute atomic E-state index is 0.832. The first-order chi connectivity index (χ1) is 8.04. The molecule has 0 spiro atoms. The molecular weight excluding hydrogens is 346 g/mol. The Morgan fingerprint density at radius 1 is 1.29 bits per heavy atom. The average molecular weight is 363 g/mol. The fourth-order valence-corrected chi connectivity index (χ4v) is 3.01. The second-order valence-corrected chi connectivity index (χ2v) is 5.71. The van der Waals surface area contributed by atoms with Gasteiger partial charge in [0, 0.05) is 13.1 Å². The zero-order valence-corrected chi connectivity index (χ0v) is 13.5. The third-order valence-corrected chi connectivity index (χ3v) is 3.42. The zero-order chi connectivity index (χ0) is 12.8. The van der Waals surface area contributed by atoms with Crippen LogP contribution < -0.4 is 10.1 Å². The summed E-state index contributed by atoms with van der Waals surface area (Å²) in [5, 5.41) is 3.37. The maximum absolute atomic E-state index is 5.26. The van der Waals surface area contributed by atoms with Crippen molar-refractivity contribution < 1.29 is 4.74 Å². The second-order valence-electron chi connectivity index (χ2n) is 4.01. The van der Waals surface area contributed by atoms with E-state index in [-0.39, 0.29) is 0 Å². The van der Waals surface area contributed by atoms with Crippen LogP contribution in [0.15, 0.2) is 32.7 Å².